The van der Waals surface area contributed by atoms with Crippen molar-refractivity contribution in [1.82, 2.24) is 9.55 Å². The van der Waals surface area contributed by atoms with Gasteiger partial charge in [-0.3, -0.25) is 0 Å². The molecule has 0 atom stereocenters. The molecule has 2 rings (SSSR count). The molecule has 0 saturated heterocycles. The predicted molar refractivity (Wildman–Crippen MR) is 68.0 cm³/mol. The molecule has 0 fully saturated rings. The molecule has 5 nitrogen and oxygen atoms in total. The van der Waals surface area contributed by atoms with Gasteiger partial charge < -0.3 is 15.0 Å². The summed E-state index contributed by atoms with van der Waals surface area (Å²) in [5.41, 5.74) is 6.64. The monoisotopic (exact) mass is 245 g/mol. The van der Waals surface area contributed by atoms with Crippen molar-refractivity contribution in [2.45, 2.75) is 13.0 Å². The summed E-state index contributed by atoms with van der Waals surface area (Å²) < 4.78 is 7.09. The van der Waals surface area contributed by atoms with Crippen LogP contribution in [0, 0.1) is 0 Å². The highest BCUT2D eigenvalue weighted by molar-refractivity contribution is 5.90. The number of ether oxygens (including phenoxy) is 1. The van der Waals surface area contributed by atoms with Crippen LogP contribution in [0.4, 0.5) is 5.69 Å². The Kier molecular flexibility index (Phi) is 3.96. The molecule has 1 aromatic carbocycles. The zero-order valence-corrected chi connectivity index (χ0v) is 9.95. The van der Waals surface area contributed by atoms with Crippen molar-refractivity contribution in [2.75, 3.05) is 12.3 Å². The van der Waals surface area contributed by atoms with E-state index in [2.05, 4.69) is 4.98 Å². The van der Waals surface area contributed by atoms with Crippen molar-refractivity contribution < 1.29 is 9.53 Å². The zero-order valence-electron chi connectivity index (χ0n) is 9.95. The van der Waals surface area contributed by atoms with E-state index in [-0.39, 0.29) is 5.97 Å². The van der Waals surface area contributed by atoms with Gasteiger partial charge in [0.1, 0.15) is 0 Å². The van der Waals surface area contributed by atoms with Crippen LogP contribution < -0.4 is 5.73 Å². The van der Waals surface area contributed by atoms with Gasteiger partial charge in [-0.05, 0) is 24.6 Å². The summed E-state index contributed by atoms with van der Waals surface area (Å²) in [6, 6.07) is 6.76. The molecule has 2 N–H and O–H groups in total. The van der Waals surface area contributed by atoms with Gasteiger partial charge in [-0.1, -0.05) is 6.07 Å². The zero-order chi connectivity index (χ0) is 12.8. The number of aromatic nitrogens is 2. The first-order valence-electron chi connectivity index (χ1n) is 5.74. The Bertz CT molecular complexity index is 509. The van der Waals surface area contributed by atoms with E-state index in [0.717, 1.165) is 13.0 Å². The quantitative estimate of drug-likeness (QED) is 0.494. The molecule has 2 aromatic rings. The van der Waals surface area contributed by atoms with Crippen LogP contribution in [-0.4, -0.2) is 22.1 Å². The van der Waals surface area contributed by atoms with Crippen molar-refractivity contribution >= 4 is 11.7 Å². The Morgan fingerprint density at radius 1 is 1.44 bits per heavy atom. The van der Waals surface area contributed by atoms with Crippen LogP contribution in [0.2, 0.25) is 0 Å². The number of aryl methyl sites for hydroxylation is 1. The summed E-state index contributed by atoms with van der Waals surface area (Å²) in [6.45, 7) is 1.16. The lowest BCUT2D eigenvalue weighted by Gasteiger charge is -2.05. The molecular formula is C13H15N3O2. The molecule has 0 bridgehead atoms. The van der Waals surface area contributed by atoms with Gasteiger partial charge in [0.25, 0.3) is 0 Å². The highest BCUT2D eigenvalue weighted by atomic mass is 16.5. The summed E-state index contributed by atoms with van der Waals surface area (Å²) >= 11 is 0. The van der Waals surface area contributed by atoms with Crippen LogP contribution in [0.5, 0.6) is 0 Å². The van der Waals surface area contributed by atoms with Crippen molar-refractivity contribution in [3.8, 4) is 0 Å². The molecule has 0 radical (unpaired) electrons. The highest BCUT2D eigenvalue weighted by Gasteiger charge is 2.06. The smallest absolute Gasteiger partial charge is 0.338 e. The maximum atomic E-state index is 11.7. The Labute approximate surface area is 105 Å². The van der Waals surface area contributed by atoms with Gasteiger partial charge in [0, 0.05) is 24.6 Å². The largest absolute Gasteiger partial charge is 0.462 e. The lowest BCUT2D eigenvalue weighted by atomic mass is 10.2. The number of nitrogen functional groups attached to an aromatic ring is 1. The second-order valence-corrected chi connectivity index (χ2v) is 3.92. The number of anilines is 1. The molecule has 0 spiro atoms. The average Bonchev–Trinajstić information content (AvgIpc) is 2.87. The van der Waals surface area contributed by atoms with Crippen LogP contribution in [0.1, 0.15) is 16.8 Å². The number of imidazole rings is 1. The number of nitrogens with two attached hydrogens (primary N) is 1. The van der Waals surface area contributed by atoms with Crippen molar-refractivity contribution in [3.05, 3.63) is 48.5 Å². The fraction of sp³-hybridized carbons (Fsp3) is 0.231. The van der Waals surface area contributed by atoms with Crippen molar-refractivity contribution in [3.63, 3.8) is 0 Å². The minimum absolute atomic E-state index is 0.340. The van der Waals surface area contributed by atoms with E-state index in [4.69, 9.17) is 10.5 Å². The summed E-state index contributed by atoms with van der Waals surface area (Å²) in [5.74, 6) is -0.340. The minimum atomic E-state index is -0.340. The van der Waals surface area contributed by atoms with E-state index in [0.29, 0.717) is 17.9 Å². The number of carbonyl (C=O) groups is 1. The van der Waals surface area contributed by atoms with Crippen LogP contribution in [0.3, 0.4) is 0 Å². The van der Waals surface area contributed by atoms with Crippen LogP contribution in [-0.2, 0) is 11.3 Å². The molecule has 1 aromatic heterocycles. The molecule has 0 saturated carbocycles. The van der Waals surface area contributed by atoms with Gasteiger partial charge in [0.15, 0.2) is 0 Å². The topological polar surface area (TPSA) is 70.1 Å². The number of nitrogens with zero attached hydrogens (tertiary/aromatic N) is 2. The van der Waals surface area contributed by atoms with Crippen molar-refractivity contribution in [1.29, 1.82) is 0 Å². The van der Waals surface area contributed by atoms with E-state index in [9.17, 15) is 4.79 Å². The normalized spacial score (nSPS) is 10.2. The second-order valence-electron chi connectivity index (χ2n) is 3.92. The van der Waals surface area contributed by atoms with Gasteiger partial charge in [-0.2, -0.15) is 0 Å². The second kappa shape index (κ2) is 5.86. The molecule has 0 aliphatic heterocycles. The highest BCUT2D eigenvalue weighted by Crippen LogP contribution is 2.08. The maximum Gasteiger partial charge on any atom is 0.338 e. The number of rotatable bonds is 5. The van der Waals surface area contributed by atoms with Crippen molar-refractivity contribution in [2.24, 2.45) is 0 Å². The summed E-state index contributed by atoms with van der Waals surface area (Å²) in [4.78, 5) is 15.6. The minimum Gasteiger partial charge on any atom is -0.462 e. The third kappa shape index (κ3) is 3.35. The number of carbonyl (C=O) groups excluding carboxylic acids is 1. The number of benzene rings is 1. The third-order valence-electron chi connectivity index (χ3n) is 2.48. The lowest BCUT2D eigenvalue weighted by Crippen LogP contribution is -2.08. The number of hydrogen-bond acceptors (Lipinski definition) is 4. The molecule has 0 aliphatic rings. The average molecular weight is 245 g/mol. The molecule has 0 unspecified atom stereocenters. The number of esters is 1. The third-order valence-corrected chi connectivity index (χ3v) is 2.48. The Hall–Kier alpha value is -2.30. The molecule has 0 amide bonds. The van der Waals surface area contributed by atoms with E-state index in [1.165, 1.54) is 0 Å². The fourth-order valence-corrected chi connectivity index (χ4v) is 1.58. The molecular weight excluding hydrogens is 230 g/mol. The molecule has 18 heavy (non-hydrogen) atoms. The molecule has 0 aliphatic carbocycles. The predicted octanol–water partition coefficient (Wildman–Crippen LogP) is 1.71. The van der Waals surface area contributed by atoms with Crippen LogP contribution >= 0.6 is 0 Å². The first kappa shape index (κ1) is 12.2. The van der Waals surface area contributed by atoms with Gasteiger partial charge in [-0.25, -0.2) is 9.78 Å². The fourth-order valence-electron chi connectivity index (χ4n) is 1.58. The SMILES string of the molecule is Nc1cccc(C(=O)OCCCn2ccnc2)c1. The first-order valence-corrected chi connectivity index (χ1v) is 5.74. The van der Waals surface area contributed by atoms with Gasteiger partial charge in [0.2, 0.25) is 0 Å². The van der Waals surface area contributed by atoms with Gasteiger partial charge >= 0.3 is 5.97 Å². The van der Waals surface area contributed by atoms with E-state index in [1.807, 2.05) is 10.8 Å². The van der Waals surface area contributed by atoms with Crippen LogP contribution in [0.15, 0.2) is 43.0 Å². The van der Waals surface area contributed by atoms with E-state index >= 15 is 0 Å². The van der Waals surface area contributed by atoms with Gasteiger partial charge in [0.05, 0.1) is 18.5 Å². The van der Waals surface area contributed by atoms with E-state index < -0.39 is 0 Å². The van der Waals surface area contributed by atoms with E-state index in [1.54, 1.807) is 36.8 Å². The molecule has 5 heteroatoms. The molecule has 94 valence electrons. The van der Waals surface area contributed by atoms with Crippen LogP contribution in [0.25, 0.3) is 0 Å². The molecule has 1 heterocycles. The Balaban J connectivity index is 1.75. The summed E-state index contributed by atoms with van der Waals surface area (Å²) in [7, 11) is 0. The lowest BCUT2D eigenvalue weighted by molar-refractivity contribution is 0.0496. The maximum absolute atomic E-state index is 11.7. The summed E-state index contributed by atoms with van der Waals surface area (Å²) in [5, 5.41) is 0. The summed E-state index contributed by atoms with van der Waals surface area (Å²) in [6.07, 6.45) is 6.09. The first-order chi connectivity index (χ1) is 8.75. The Morgan fingerprint density at radius 3 is 3.06 bits per heavy atom. The van der Waals surface area contributed by atoms with Gasteiger partial charge in [-0.15, -0.1) is 0 Å². The Morgan fingerprint density at radius 2 is 2.33 bits per heavy atom. The standard InChI is InChI=1S/C13H15N3O2/c14-12-4-1-3-11(9-12)13(17)18-8-2-6-16-7-5-15-10-16/h1,3-5,7,9-10H,2,6,8,14H2. The number of hydrogen-bond donors (Lipinski definition) is 1.